The van der Waals surface area contributed by atoms with Gasteiger partial charge in [-0.3, -0.25) is 0 Å². The average molecular weight is 267 g/mol. The minimum atomic E-state index is -0.211. The van der Waals surface area contributed by atoms with E-state index in [9.17, 15) is 0 Å². The SMILES string of the molecule is Cc1cc(C)c(C)c(C(Cl)C2(C)CCCO2)c1C. The van der Waals surface area contributed by atoms with Crippen molar-refractivity contribution >= 4 is 11.6 Å². The van der Waals surface area contributed by atoms with Crippen molar-refractivity contribution < 1.29 is 4.74 Å². The van der Waals surface area contributed by atoms with Gasteiger partial charge in [-0.05, 0) is 75.3 Å². The Labute approximate surface area is 115 Å². The molecule has 1 saturated heterocycles. The van der Waals surface area contributed by atoms with Crippen molar-refractivity contribution in [3.63, 3.8) is 0 Å². The maximum absolute atomic E-state index is 6.78. The van der Waals surface area contributed by atoms with Gasteiger partial charge in [0.2, 0.25) is 0 Å². The lowest BCUT2D eigenvalue weighted by Gasteiger charge is -2.32. The Morgan fingerprint density at radius 3 is 2.17 bits per heavy atom. The molecule has 2 atom stereocenters. The van der Waals surface area contributed by atoms with Gasteiger partial charge in [0.1, 0.15) is 0 Å². The molecular formula is C16H23ClO. The van der Waals surface area contributed by atoms with Crippen molar-refractivity contribution in [1.29, 1.82) is 0 Å². The van der Waals surface area contributed by atoms with Gasteiger partial charge < -0.3 is 4.74 Å². The van der Waals surface area contributed by atoms with Gasteiger partial charge >= 0.3 is 0 Å². The first-order valence-corrected chi connectivity index (χ1v) is 7.16. The van der Waals surface area contributed by atoms with Crippen molar-refractivity contribution in [3.05, 3.63) is 33.9 Å². The van der Waals surface area contributed by atoms with Crippen molar-refractivity contribution in [2.24, 2.45) is 0 Å². The molecule has 0 saturated carbocycles. The molecule has 1 nitrogen and oxygen atoms in total. The second-order valence-corrected chi connectivity index (χ2v) is 6.24. The first kappa shape index (κ1) is 13.9. The van der Waals surface area contributed by atoms with E-state index in [4.69, 9.17) is 16.3 Å². The van der Waals surface area contributed by atoms with Crippen LogP contribution in [0.5, 0.6) is 0 Å². The van der Waals surface area contributed by atoms with Crippen LogP contribution in [-0.4, -0.2) is 12.2 Å². The van der Waals surface area contributed by atoms with Crippen LogP contribution in [0.25, 0.3) is 0 Å². The summed E-state index contributed by atoms with van der Waals surface area (Å²) in [6.07, 6.45) is 2.16. The number of alkyl halides is 1. The van der Waals surface area contributed by atoms with E-state index in [0.29, 0.717) is 0 Å². The van der Waals surface area contributed by atoms with Crippen molar-refractivity contribution in [3.8, 4) is 0 Å². The van der Waals surface area contributed by atoms with Gasteiger partial charge in [0.25, 0.3) is 0 Å². The fourth-order valence-electron chi connectivity index (χ4n) is 2.93. The van der Waals surface area contributed by atoms with Crippen molar-refractivity contribution in [2.75, 3.05) is 6.61 Å². The minimum absolute atomic E-state index is 0.0569. The van der Waals surface area contributed by atoms with Crippen LogP contribution in [0.4, 0.5) is 0 Å². The lowest BCUT2D eigenvalue weighted by atomic mass is 9.85. The maximum Gasteiger partial charge on any atom is 0.0877 e. The standard InChI is InChI=1S/C16H23ClO/c1-10-9-11(2)13(4)14(12(10)3)15(17)16(5)7-6-8-18-16/h9,15H,6-8H2,1-5H3. The normalized spacial score (nSPS) is 25.4. The Kier molecular flexibility index (Phi) is 3.75. The summed E-state index contributed by atoms with van der Waals surface area (Å²) in [4.78, 5) is 0. The average Bonchev–Trinajstić information content (AvgIpc) is 2.75. The van der Waals surface area contributed by atoms with Gasteiger partial charge in [-0.15, -0.1) is 11.6 Å². The van der Waals surface area contributed by atoms with Gasteiger partial charge in [0, 0.05) is 6.61 Å². The minimum Gasteiger partial charge on any atom is -0.373 e. The van der Waals surface area contributed by atoms with E-state index in [1.807, 2.05) is 0 Å². The number of halogens is 1. The van der Waals surface area contributed by atoms with Crippen LogP contribution in [0, 0.1) is 27.7 Å². The zero-order chi connectivity index (χ0) is 13.5. The Bertz CT molecular complexity index is 432. The van der Waals surface area contributed by atoms with E-state index in [2.05, 4.69) is 40.7 Å². The predicted molar refractivity (Wildman–Crippen MR) is 77.6 cm³/mol. The van der Waals surface area contributed by atoms with Crippen LogP contribution in [-0.2, 0) is 4.74 Å². The van der Waals surface area contributed by atoms with E-state index >= 15 is 0 Å². The van der Waals surface area contributed by atoms with E-state index in [-0.39, 0.29) is 11.0 Å². The van der Waals surface area contributed by atoms with Crippen molar-refractivity contribution in [1.82, 2.24) is 0 Å². The molecule has 0 spiro atoms. The molecule has 1 aliphatic rings. The molecule has 0 aliphatic carbocycles. The lowest BCUT2D eigenvalue weighted by Crippen LogP contribution is -2.30. The predicted octanol–water partition coefficient (Wildman–Crippen LogP) is 4.77. The highest BCUT2D eigenvalue weighted by atomic mass is 35.5. The van der Waals surface area contributed by atoms with E-state index < -0.39 is 0 Å². The highest BCUT2D eigenvalue weighted by Gasteiger charge is 2.39. The topological polar surface area (TPSA) is 9.23 Å². The molecule has 1 aromatic carbocycles. The number of hydrogen-bond acceptors (Lipinski definition) is 1. The first-order chi connectivity index (χ1) is 8.37. The summed E-state index contributed by atoms with van der Waals surface area (Å²) in [5.74, 6) is 0. The summed E-state index contributed by atoms with van der Waals surface area (Å²) in [5.41, 5.74) is 6.33. The number of aryl methyl sites for hydroxylation is 2. The molecule has 0 aromatic heterocycles. The Balaban J connectivity index is 2.50. The molecule has 2 heteroatoms. The number of hydrogen-bond donors (Lipinski definition) is 0. The third-order valence-electron chi connectivity index (χ3n) is 4.46. The number of ether oxygens (including phenoxy) is 1. The van der Waals surface area contributed by atoms with Crippen LogP contribution in [0.2, 0.25) is 0 Å². The first-order valence-electron chi connectivity index (χ1n) is 6.72. The second-order valence-electron chi connectivity index (χ2n) is 5.80. The molecule has 0 bridgehead atoms. The number of rotatable bonds is 2. The molecule has 0 N–H and O–H groups in total. The molecule has 1 aromatic rings. The van der Waals surface area contributed by atoms with Crippen LogP contribution < -0.4 is 0 Å². The number of benzene rings is 1. The van der Waals surface area contributed by atoms with Crippen LogP contribution >= 0.6 is 11.6 Å². The van der Waals surface area contributed by atoms with E-state index in [1.54, 1.807) is 0 Å². The summed E-state index contributed by atoms with van der Waals surface area (Å²) in [5, 5.41) is -0.0569. The summed E-state index contributed by atoms with van der Waals surface area (Å²) < 4.78 is 5.91. The van der Waals surface area contributed by atoms with Crippen LogP contribution in [0.3, 0.4) is 0 Å². The maximum atomic E-state index is 6.78. The lowest BCUT2D eigenvalue weighted by molar-refractivity contribution is 0.0161. The largest absolute Gasteiger partial charge is 0.373 e. The van der Waals surface area contributed by atoms with Gasteiger partial charge in [-0.1, -0.05) is 6.07 Å². The van der Waals surface area contributed by atoms with Crippen molar-refractivity contribution in [2.45, 2.75) is 58.4 Å². The van der Waals surface area contributed by atoms with Gasteiger partial charge in [-0.2, -0.15) is 0 Å². The molecular weight excluding hydrogens is 244 g/mol. The fraction of sp³-hybridized carbons (Fsp3) is 0.625. The second kappa shape index (κ2) is 4.86. The molecule has 0 amide bonds. The summed E-state index contributed by atoms with van der Waals surface area (Å²) in [7, 11) is 0. The summed E-state index contributed by atoms with van der Waals surface area (Å²) in [6.45, 7) is 11.6. The molecule has 0 radical (unpaired) electrons. The van der Waals surface area contributed by atoms with Crippen LogP contribution in [0.15, 0.2) is 6.07 Å². The Morgan fingerprint density at radius 2 is 1.72 bits per heavy atom. The molecule has 2 rings (SSSR count). The quantitative estimate of drug-likeness (QED) is 0.701. The Morgan fingerprint density at radius 1 is 1.17 bits per heavy atom. The molecule has 1 fully saturated rings. The Hall–Kier alpha value is -0.530. The molecule has 100 valence electrons. The zero-order valence-electron chi connectivity index (χ0n) is 12.1. The zero-order valence-corrected chi connectivity index (χ0v) is 12.8. The van der Waals surface area contributed by atoms with Gasteiger partial charge in [-0.25, -0.2) is 0 Å². The van der Waals surface area contributed by atoms with Gasteiger partial charge in [0.05, 0.1) is 11.0 Å². The van der Waals surface area contributed by atoms with E-state index in [1.165, 1.54) is 27.8 Å². The molecule has 1 heterocycles. The van der Waals surface area contributed by atoms with Crippen LogP contribution in [0.1, 0.15) is 53.0 Å². The smallest absolute Gasteiger partial charge is 0.0877 e. The molecule has 18 heavy (non-hydrogen) atoms. The molecule has 2 unspecified atom stereocenters. The third kappa shape index (κ3) is 2.19. The molecule has 1 aliphatic heterocycles. The third-order valence-corrected chi connectivity index (χ3v) is 5.14. The highest BCUT2D eigenvalue weighted by Crippen LogP contribution is 2.44. The monoisotopic (exact) mass is 266 g/mol. The summed E-state index contributed by atoms with van der Waals surface area (Å²) in [6, 6.07) is 2.25. The summed E-state index contributed by atoms with van der Waals surface area (Å²) >= 11 is 6.78. The highest BCUT2D eigenvalue weighted by molar-refractivity contribution is 6.21. The van der Waals surface area contributed by atoms with Gasteiger partial charge in [0.15, 0.2) is 0 Å². The fourth-order valence-corrected chi connectivity index (χ4v) is 3.43. The van der Waals surface area contributed by atoms with E-state index in [0.717, 1.165) is 19.4 Å².